The van der Waals surface area contributed by atoms with Crippen LogP contribution in [0.1, 0.15) is 11.3 Å². The van der Waals surface area contributed by atoms with Crippen molar-refractivity contribution < 1.29 is 14.3 Å². The lowest BCUT2D eigenvalue weighted by atomic mass is 10.2. The highest BCUT2D eigenvalue weighted by molar-refractivity contribution is 7.99. The van der Waals surface area contributed by atoms with E-state index in [1.54, 1.807) is 6.20 Å². The minimum atomic E-state index is -0.358. The van der Waals surface area contributed by atoms with Gasteiger partial charge in [0.2, 0.25) is 5.91 Å². The summed E-state index contributed by atoms with van der Waals surface area (Å²) in [5.41, 5.74) is 2.09. The van der Waals surface area contributed by atoms with Crippen molar-refractivity contribution in [3.05, 3.63) is 76.8 Å². The Balaban J connectivity index is 1.64. The number of anilines is 1. The van der Waals surface area contributed by atoms with Gasteiger partial charge in [-0.3, -0.25) is 4.79 Å². The summed E-state index contributed by atoms with van der Waals surface area (Å²) in [6.45, 7) is 0.370. The van der Waals surface area contributed by atoms with E-state index in [9.17, 15) is 14.3 Å². The van der Waals surface area contributed by atoms with Crippen molar-refractivity contribution in [1.82, 2.24) is 9.55 Å². The molecule has 0 aliphatic carbocycles. The van der Waals surface area contributed by atoms with Crippen molar-refractivity contribution in [1.29, 1.82) is 0 Å². The van der Waals surface area contributed by atoms with Crippen LogP contribution in [0.25, 0.3) is 0 Å². The number of rotatable bonds is 7. The monoisotopic (exact) mass is 405 g/mol. The van der Waals surface area contributed by atoms with Gasteiger partial charge in [-0.2, -0.15) is 0 Å². The molecule has 3 rings (SSSR count). The van der Waals surface area contributed by atoms with Crippen LogP contribution >= 0.6 is 23.4 Å². The number of hydrogen-bond acceptors (Lipinski definition) is 4. The molecule has 1 heterocycles. The van der Waals surface area contributed by atoms with Crippen molar-refractivity contribution in [2.75, 3.05) is 11.1 Å². The van der Waals surface area contributed by atoms with Crippen LogP contribution in [-0.2, 0) is 17.9 Å². The molecule has 5 nitrogen and oxygen atoms in total. The van der Waals surface area contributed by atoms with Gasteiger partial charge in [-0.15, -0.1) is 0 Å². The largest absolute Gasteiger partial charge is 0.390 e. The van der Waals surface area contributed by atoms with Crippen molar-refractivity contribution in [2.45, 2.75) is 18.3 Å². The van der Waals surface area contributed by atoms with E-state index >= 15 is 0 Å². The topological polar surface area (TPSA) is 67.1 Å². The first kappa shape index (κ1) is 19.4. The lowest BCUT2D eigenvalue weighted by Gasteiger charge is -2.08. The molecule has 0 saturated carbocycles. The van der Waals surface area contributed by atoms with Gasteiger partial charge in [-0.25, -0.2) is 9.37 Å². The van der Waals surface area contributed by atoms with Gasteiger partial charge in [-0.05, 0) is 42.0 Å². The maximum atomic E-state index is 12.9. The highest BCUT2D eigenvalue weighted by Crippen LogP contribution is 2.21. The second kappa shape index (κ2) is 9.03. The number of hydrogen-bond donors (Lipinski definition) is 2. The molecule has 27 heavy (non-hydrogen) atoms. The van der Waals surface area contributed by atoms with Gasteiger partial charge in [-0.1, -0.05) is 35.5 Å². The van der Waals surface area contributed by atoms with Crippen molar-refractivity contribution >= 4 is 35.0 Å². The molecule has 0 atom stereocenters. The van der Waals surface area contributed by atoms with Gasteiger partial charge >= 0.3 is 0 Å². The Morgan fingerprint density at radius 1 is 1.19 bits per heavy atom. The Bertz CT molecular complexity index is 914. The molecule has 1 amide bonds. The van der Waals surface area contributed by atoms with E-state index in [2.05, 4.69) is 10.3 Å². The zero-order valence-electron chi connectivity index (χ0n) is 14.2. The fourth-order valence-corrected chi connectivity index (χ4v) is 3.33. The smallest absolute Gasteiger partial charge is 0.234 e. The molecule has 0 unspecified atom stereocenters. The molecule has 8 heteroatoms. The highest BCUT2D eigenvalue weighted by Gasteiger charge is 2.12. The lowest BCUT2D eigenvalue weighted by Crippen LogP contribution is -2.14. The number of halogens is 2. The Hall–Kier alpha value is -2.35. The third-order valence-electron chi connectivity index (χ3n) is 3.68. The van der Waals surface area contributed by atoms with Crippen molar-refractivity contribution in [3.63, 3.8) is 0 Å². The van der Waals surface area contributed by atoms with Gasteiger partial charge < -0.3 is 15.0 Å². The zero-order valence-corrected chi connectivity index (χ0v) is 15.8. The number of aliphatic hydroxyl groups is 1. The quantitative estimate of drug-likeness (QED) is 0.584. The number of benzene rings is 2. The van der Waals surface area contributed by atoms with E-state index in [1.165, 1.54) is 36.0 Å². The van der Waals surface area contributed by atoms with Gasteiger partial charge in [0.15, 0.2) is 5.16 Å². The maximum absolute atomic E-state index is 12.9. The van der Waals surface area contributed by atoms with Gasteiger partial charge in [0, 0.05) is 23.5 Å². The Labute approximate surface area is 165 Å². The van der Waals surface area contributed by atoms with Crippen molar-refractivity contribution in [3.8, 4) is 0 Å². The molecule has 0 saturated heterocycles. The summed E-state index contributed by atoms with van der Waals surface area (Å²) in [4.78, 5) is 16.5. The SMILES string of the molecule is O=C(CSc1nc(CO)cn1Cc1ccc(Cl)cc1)Nc1ccc(F)cc1. The van der Waals surface area contributed by atoms with E-state index in [1.807, 2.05) is 28.8 Å². The van der Waals surface area contributed by atoms with Gasteiger partial charge in [0.05, 0.1) is 18.1 Å². The van der Waals surface area contributed by atoms with Gasteiger partial charge in [0.1, 0.15) is 5.82 Å². The van der Waals surface area contributed by atoms with Crippen LogP contribution in [-0.4, -0.2) is 26.3 Å². The summed E-state index contributed by atoms with van der Waals surface area (Å²) < 4.78 is 14.8. The first-order valence-electron chi connectivity index (χ1n) is 8.13. The van der Waals surface area contributed by atoms with E-state index in [0.29, 0.717) is 28.1 Å². The number of aliphatic hydroxyl groups excluding tert-OH is 1. The number of nitrogens with one attached hydrogen (secondary N) is 1. The Morgan fingerprint density at radius 3 is 2.56 bits per heavy atom. The van der Waals surface area contributed by atoms with Crippen LogP contribution in [0, 0.1) is 5.82 Å². The fourth-order valence-electron chi connectivity index (χ4n) is 2.40. The maximum Gasteiger partial charge on any atom is 0.234 e. The molecule has 0 bridgehead atoms. The van der Waals surface area contributed by atoms with E-state index in [0.717, 1.165) is 5.56 Å². The lowest BCUT2D eigenvalue weighted by molar-refractivity contribution is -0.113. The summed E-state index contributed by atoms with van der Waals surface area (Å²) in [7, 11) is 0. The molecule has 0 aliphatic rings. The highest BCUT2D eigenvalue weighted by atomic mass is 35.5. The van der Waals surface area contributed by atoms with Crippen LogP contribution in [0.15, 0.2) is 59.9 Å². The molecule has 0 radical (unpaired) electrons. The molecule has 2 aromatic carbocycles. The molecular formula is C19H17ClFN3O2S. The zero-order chi connectivity index (χ0) is 19.2. The number of imidazole rings is 1. The molecular weight excluding hydrogens is 389 g/mol. The summed E-state index contributed by atoms with van der Waals surface area (Å²) in [5.74, 6) is -0.443. The average Bonchev–Trinajstić information content (AvgIpc) is 3.06. The number of nitrogens with zero attached hydrogens (tertiary/aromatic N) is 2. The van der Waals surface area contributed by atoms with Crippen LogP contribution in [0.5, 0.6) is 0 Å². The summed E-state index contributed by atoms with van der Waals surface area (Å²) in [5, 5.41) is 13.4. The second-order valence-electron chi connectivity index (χ2n) is 5.77. The first-order valence-corrected chi connectivity index (χ1v) is 9.49. The minimum absolute atomic E-state index is 0.139. The molecule has 1 aromatic heterocycles. The summed E-state index contributed by atoms with van der Waals surface area (Å²) >= 11 is 7.18. The van der Waals surface area contributed by atoms with Crippen LogP contribution < -0.4 is 5.32 Å². The number of aromatic nitrogens is 2. The van der Waals surface area contributed by atoms with Crippen LogP contribution in [0.2, 0.25) is 5.02 Å². The van der Waals surface area contributed by atoms with E-state index in [4.69, 9.17) is 11.6 Å². The second-order valence-corrected chi connectivity index (χ2v) is 7.15. The summed E-state index contributed by atoms with van der Waals surface area (Å²) in [6, 6.07) is 13.0. The Kier molecular flexibility index (Phi) is 6.49. The predicted octanol–water partition coefficient (Wildman–Crippen LogP) is 3.95. The number of thioether (sulfide) groups is 1. The molecule has 0 aliphatic heterocycles. The standard InChI is InChI=1S/C19H17ClFN3O2S/c20-14-3-1-13(2-4-14)9-24-10-17(11-25)23-19(24)27-12-18(26)22-16-7-5-15(21)6-8-16/h1-8,10,25H,9,11-12H2,(H,22,26). The van der Waals surface area contributed by atoms with Crippen LogP contribution in [0.4, 0.5) is 10.1 Å². The van der Waals surface area contributed by atoms with E-state index in [-0.39, 0.29) is 24.1 Å². The fraction of sp³-hybridized carbons (Fsp3) is 0.158. The minimum Gasteiger partial charge on any atom is -0.390 e. The summed E-state index contributed by atoms with van der Waals surface area (Å²) in [6.07, 6.45) is 1.76. The molecule has 0 fully saturated rings. The average molecular weight is 406 g/mol. The Morgan fingerprint density at radius 2 is 1.89 bits per heavy atom. The molecule has 3 aromatic rings. The van der Waals surface area contributed by atoms with Crippen molar-refractivity contribution in [2.24, 2.45) is 0 Å². The number of amides is 1. The molecule has 2 N–H and O–H groups in total. The third-order valence-corrected chi connectivity index (χ3v) is 4.92. The predicted molar refractivity (Wildman–Crippen MR) is 104 cm³/mol. The van der Waals surface area contributed by atoms with Crippen LogP contribution in [0.3, 0.4) is 0 Å². The first-order chi connectivity index (χ1) is 13.0. The number of carbonyl (C=O) groups excluding carboxylic acids is 1. The van der Waals surface area contributed by atoms with E-state index < -0.39 is 0 Å². The molecule has 140 valence electrons. The third kappa shape index (κ3) is 5.56. The normalized spacial score (nSPS) is 10.8. The van der Waals surface area contributed by atoms with Gasteiger partial charge in [0.25, 0.3) is 0 Å². The molecule has 0 spiro atoms. The number of carbonyl (C=O) groups is 1.